The molecular weight excluding hydrogens is 386 g/mol. The van der Waals surface area contributed by atoms with Gasteiger partial charge in [-0.1, -0.05) is 11.6 Å². The molecule has 1 aromatic carbocycles. The number of aryl methyl sites for hydroxylation is 2. The molecule has 1 saturated heterocycles. The van der Waals surface area contributed by atoms with Crippen LogP contribution in [0, 0.1) is 5.41 Å². The lowest BCUT2D eigenvalue weighted by molar-refractivity contribution is -0.159. The molecule has 0 unspecified atom stereocenters. The summed E-state index contributed by atoms with van der Waals surface area (Å²) in [6, 6.07) is 5.03. The monoisotopic (exact) mass is 405 g/mol. The number of methoxy groups -OCH3 is 1. The minimum absolute atomic E-state index is 0.152. The second-order valence-corrected chi connectivity index (χ2v) is 7.75. The largest absolute Gasteiger partial charge is 0.491 e. The number of fused-ring (bicyclic) bond motifs is 3. The lowest BCUT2D eigenvalue weighted by Gasteiger charge is -2.40. The van der Waals surface area contributed by atoms with Crippen LogP contribution in [0.5, 0.6) is 5.75 Å². The van der Waals surface area contributed by atoms with Crippen LogP contribution in [-0.2, 0) is 22.4 Å². The van der Waals surface area contributed by atoms with Crippen LogP contribution in [0.4, 0.5) is 0 Å². The van der Waals surface area contributed by atoms with Gasteiger partial charge in [-0.25, -0.2) is 4.79 Å². The second kappa shape index (κ2) is 7.24. The standard InChI is InChI=1S/C20H20ClNO6/c1-26-8-20(9-27-10-20)11-28-18-4-12-2-3-22-7-14(19(24)25)17(23)6-16(22)13(12)5-15(18)21/h4-7H,2-3,8-11H2,1H3,(H,24,25). The summed E-state index contributed by atoms with van der Waals surface area (Å²) in [6.07, 6.45) is 2.08. The predicted molar refractivity (Wildman–Crippen MR) is 102 cm³/mol. The summed E-state index contributed by atoms with van der Waals surface area (Å²) in [4.78, 5) is 23.3. The van der Waals surface area contributed by atoms with Gasteiger partial charge in [-0.05, 0) is 24.1 Å². The highest BCUT2D eigenvalue weighted by atomic mass is 35.5. The molecule has 8 heteroatoms. The topological polar surface area (TPSA) is 87.0 Å². The van der Waals surface area contributed by atoms with Gasteiger partial charge in [0.1, 0.15) is 17.9 Å². The summed E-state index contributed by atoms with van der Waals surface area (Å²) in [5.74, 6) is -0.640. The Morgan fingerprint density at radius 1 is 1.32 bits per heavy atom. The number of ether oxygens (including phenoxy) is 3. The van der Waals surface area contributed by atoms with Gasteiger partial charge in [-0.2, -0.15) is 0 Å². The maximum atomic E-state index is 12.1. The number of hydrogen-bond acceptors (Lipinski definition) is 5. The molecule has 0 saturated carbocycles. The van der Waals surface area contributed by atoms with E-state index in [4.69, 9.17) is 30.9 Å². The van der Waals surface area contributed by atoms with Crippen LogP contribution in [0.2, 0.25) is 5.02 Å². The molecule has 0 radical (unpaired) electrons. The first-order chi connectivity index (χ1) is 13.4. The number of aromatic carboxylic acids is 1. The molecule has 2 aliphatic rings. The van der Waals surface area contributed by atoms with Crippen LogP contribution in [-0.4, -0.2) is 49.2 Å². The van der Waals surface area contributed by atoms with Gasteiger partial charge in [0.05, 0.1) is 36.0 Å². The number of pyridine rings is 1. The van der Waals surface area contributed by atoms with E-state index >= 15 is 0 Å². The predicted octanol–water partition coefficient (Wildman–Crippen LogP) is 2.46. The number of benzene rings is 1. The Morgan fingerprint density at radius 3 is 2.75 bits per heavy atom. The minimum Gasteiger partial charge on any atom is -0.491 e. The van der Waals surface area contributed by atoms with Crippen molar-refractivity contribution in [2.24, 2.45) is 5.41 Å². The molecule has 0 aliphatic carbocycles. The molecule has 0 atom stereocenters. The molecular formula is C20H20ClNO6. The summed E-state index contributed by atoms with van der Waals surface area (Å²) in [7, 11) is 1.65. The Balaban J connectivity index is 1.64. The average Bonchev–Trinajstić information content (AvgIpc) is 2.63. The maximum Gasteiger partial charge on any atom is 0.341 e. The van der Waals surface area contributed by atoms with Gasteiger partial charge in [-0.15, -0.1) is 0 Å². The molecule has 28 heavy (non-hydrogen) atoms. The normalized spacial score (nSPS) is 16.6. The molecule has 4 rings (SSSR count). The van der Waals surface area contributed by atoms with Gasteiger partial charge in [0.25, 0.3) is 0 Å². The van der Waals surface area contributed by atoms with Crippen molar-refractivity contribution in [2.45, 2.75) is 13.0 Å². The van der Waals surface area contributed by atoms with E-state index < -0.39 is 11.4 Å². The molecule has 2 aliphatic heterocycles. The van der Waals surface area contributed by atoms with Gasteiger partial charge >= 0.3 is 5.97 Å². The van der Waals surface area contributed by atoms with Gasteiger partial charge in [0, 0.05) is 31.5 Å². The van der Waals surface area contributed by atoms with Crippen LogP contribution in [0.25, 0.3) is 11.3 Å². The first-order valence-corrected chi connectivity index (χ1v) is 9.30. The fourth-order valence-electron chi connectivity index (χ4n) is 3.68. The lowest BCUT2D eigenvalue weighted by atomic mass is 9.88. The number of rotatable bonds is 6. The van der Waals surface area contributed by atoms with Crippen LogP contribution >= 0.6 is 11.6 Å². The Kier molecular flexibility index (Phi) is 4.91. The first kappa shape index (κ1) is 19.0. The van der Waals surface area contributed by atoms with E-state index in [9.17, 15) is 9.59 Å². The first-order valence-electron chi connectivity index (χ1n) is 8.92. The molecule has 0 bridgehead atoms. The Morgan fingerprint density at radius 2 is 2.11 bits per heavy atom. The van der Waals surface area contributed by atoms with Crippen LogP contribution in [0.3, 0.4) is 0 Å². The van der Waals surface area contributed by atoms with Crippen LogP contribution < -0.4 is 10.2 Å². The minimum atomic E-state index is -1.22. The van der Waals surface area contributed by atoms with Crippen LogP contribution in [0.1, 0.15) is 15.9 Å². The summed E-state index contributed by atoms with van der Waals surface area (Å²) >= 11 is 6.45. The smallest absolute Gasteiger partial charge is 0.341 e. The molecule has 7 nitrogen and oxygen atoms in total. The third kappa shape index (κ3) is 3.30. The number of hydrogen-bond donors (Lipinski definition) is 1. The van der Waals surface area contributed by atoms with E-state index in [2.05, 4.69) is 0 Å². The van der Waals surface area contributed by atoms with Gasteiger partial charge in [0.15, 0.2) is 5.43 Å². The number of aromatic nitrogens is 1. The zero-order chi connectivity index (χ0) is 19.9. The van der Waals surface area contributed by atoms with E-state index in [0.717, 1.165) is 11.1 Å². The molecule has 2 aromatic rings. The summed E-state index contributed by atoms with van der Waals surface area (Å²) < 4.78 is 18.3. The second-order valence-electron chi connectivity index (χ2n) is 7.34. The van der Waals surface area contributed by atoms with Crippen molar-refractivity contribution in [2.75, 3.05) is 33.5 Å². The highest BCUT2D eigenvalue weighted by molar-refractivity contribution is 6.32. The molecule has 148 valence electrons. The Labute approximate surface area is 166 Å². The van der Waals surface area contributed by atoms with Crippen molar-refractivity contribution < 1.29 is 24.1 Å². The van der Waals surface area contributed by atoms with E-state index in [1.165, 1.54) is 12.3 Å². The van der Waals surface area contributed by atoms with Crippen molar-refractivity contribution in [3.8, 4) is 17.0 Å². The summed E-state index contributed by atoms with van der Waals surface area (Å²) in [5.41, 5.74) is 1.58. The van der Waals surface area contributed by atoms with E-state index in [1.54, 1.807) is 17.7 Å². The molecule has 1 fully saturated rings. The average molecular weight is 406 g/mol. The zero-order valence-electron chi connectivity index (χ0n) is 15.4. The van der Waals surface area contributed by atoms with E-state index in [0.29, 0.717) is 55.9 Å². The van der Waals surface area contributed by atoms with Crippen molar-refractivity contribution in [3.05, 3.63) is 50.8 Å². The Bertz CT molecular complexity index is 995. The third-order valence-electron chi connectivity index (χ3n) is 5.21. The summed E-state index contributed by atoms with van der Waals surface area (Å²) in [5, 5.41) is 9.60. The number of carbonyl (C=O) groups is 1. The molecule has 0 spiro atoms. The highest BCUT2D eigenvalue weighted by Crippen LogP contribution is 2.38. The molecule has 0 amide bonds. The Hall–Kier alpha value is -2.35. The summed E-state index contributed by atoms with van der Waals surface area (Å²) in [6.45, 7) is 2.75. The lowest BCUT2D eigenvalue weighted by Crippen LogP contribution is -2.50. The van der Waals surface area contributed by atoms with Crippen molar-refractivity contribution in [3.63, 3.8) is 0 Å². The zero-order valence-corrected chi connectivity index (χ0v) is 16.1. The number of carboxylic acid groups (broad SMARTS) is 1. The van der Waals surface area contributed by atoms with Gasteiger partial charge in [-0.3, -0.25) is 4.79 Å². The van der Waals surface area contributed by atoms with Gasteiger partial charge in [0.2, 0.25) is 0 Å². The fourth-order valence-corrected chi connectivity index (χ4v) is 3.90. The number of nitrogens with zero attached hydrogens (tertiary/aromatic N) is 1. The van der Waals surface area contributed by atoms with Crippen LogP contribution in [0.15, 0.2) is 29.2 Å². The number of carboxylic acids is 1. The van der Waals surface area contributed by atoms with Crippen molar-refractivity contribution in [1.29, 1.82) is 0 Å². The maximum absolute atomic E-state index is 12.1. The van der Waals surface area contributed by atoms with E-state index in [-0.39, 0.29) is 11.0 Å². The fraction of sp³-hybridized carbons (Fsp3) is 0.400. The number of halogens is 1. The molecule has 3 heterocycles. The molecule has 1 N–H and O–H groups in total. The third-order valence-corrected chi connectivity index (χ3v) is 5.51. The highest BCUT2D eigenvalue weighted by Gasteiger charge is 2.40. The quantitative estimate of drug-likeness (QED) is 0.794. The van der Waals surface area contributed by atoms with E-state index in [1.807, 2.05) is 6.07 Å². The van der Waals surface area contributed by atoms with Crippen molar-refractivity contribution in [1.82, 2.24) is 4.57 Å². The van der Waals surface area contributed by atoms with Gasteiger partial charge < -0.3 is 23.9 Å². The molecule has 1 aromatic heterocycles. The SMILES string of the molecule is COCC1(COc2cc3c(cc2Cl)-c2cc(=O)c(C(=O)O)cn2CC3)COC1. The van der Waals surface area contributed by atoms with Crippen molar-refractivity contribution >= 4 is 17.6 Å².